The molecule has 0 heterocycles. The van der Waals surface area contributed by atoms with E-state index in [2.05, 4.69) is 22.6 Å². The molecule has 5 heteroatoms. The van der Waals surface area contributed by atoms with Crippen LogP contribution in [0, 0.1) is 0 Å². The average Bonchev–Trinajstić information content (AvgIpc) is 2.17. The van der Waals surface area contributed by atoms with E-state index in [1.807, 2.05) is 0 Å². The van der Waals surface area contributed by atoms with Gasteiger partial charge in [-0.05, 0) is 0 Å². The fourth-order valence-electron chi connectivity index (χ4n) is 0.524. The molecule has 14 heavy (non-hydrogen) atoms. The smallest absolute Gasteiger partial charge is 0.341 e. The van der Waals surface area contributed by atoms with Gasteiger partial charge in [-0.1, -0.05) is 13.2 Å². The Morgan fingerprint density at radius 2 is 1.93 bits per heavy atom. The number of ether oxygens (including phenoxy) is 2. The van der Waals surface area contributed by atoms with Crippen molar-refractivity contribution in [2.24, 2.45) is 0 Å². The molecule has 0 aromatic rings. The molecule has 0 bridgehead atoms. The van der Waals surface area contributed by atoms with Crippen LogP contribution in [0.2, 0.25) is 0 Å². The molecule has 0 aromatic heterocycles. The molecule has 0 aliphatic carbocycles. The zero-order chi connectivity index (χ0) is 11.1. The van der Waals surface area contributed by atoms with Gasteiger partial charge in [0, 0.05) is 11.6 Å². The van der Waals surface area contributed by atoms with E-state index in [4.69, 9.17) is 0 Å². The zero-order valence-corrected chi connectivity index (χ0v) is 7.74. The summed E-state index contributed by atoms with van der Waals surface area (Å²) in [4.78, 5) is 32.2. The molecular weight excluding hydrogens is 188 g/mol. The van der Waals surface area contributed by atoms with Crippen molar-refractivity contribution >= 4 is 17.9 Å². The van der Waals surface area contributed by atoms with Crippen LogP contribution in [0.4, 0.5) is 0 Å². The summed E-state index contributed by atoms with van der Waals surface area (Å²) in [5.41, 5.74) is -0.146. The van der Waals surface area contributed by atoms with Crippen LogP contribution < -0.4 is 0 Å². The molecule has 0 radical (unpaired) electrons. The van der Waals surface area contributed by atoms with Crippen LogP contribution in [0.15, 0.2) is 24.8 Å². The lowest BCUT2D eigenvalue weighted by Crippen LogP contribution is -2.14. The Morgan fingerprint density at radius 3 is 2.36 bits per heavy atom. The van der Waals surface area contributed by atoms with Gasteiger partial charge in [0.05, 0.1) is 13.5 Å². The summed E-state index contributed by atoms with van der Waals surface area (Å²) in [6.07, 6.45) is 0.531. The van der Waals surface area contributed by atoms with Crippen molar-refractivity contribution in [3.8, 4) is 0 Å². The molecule has 0 amide bonds. The maximum atomic E-state index is 11.0. The summed E-state index contributed by atoms with van der Waals surface area (Å²) >= 11 is 0. The van der Waals surface area contributed by atoms with E-state index in [9.17, 15) is 14.4 Å². The third kappa shape index (κ3) is 4.20. The Morgan fingerprint density at radius 1 is 1.36 bits per heavy atom. The summed E-state index contributed by atoms with van der Waals surface area (Å²) in [5.74, 6) is -2.47. The van der Waals surface area contributed by atoms with Crippen LogP contribution in [0.3, 0.4) is 0 Å². The van der Waals surface area contributed by atoms with Crippen molar-refractivity contribution in [1.82, 2.24) is 0 Å². The van der Waals surface area contributed by atoms with Crippen molar-refractivity contribution in [3.05, 3.63) is 24.8 Å². The van der Waals surface area contributed by atoms with Gasteiger partial charge in [-0.25, -0.2) is 9.59 Å². The first-order valence-corrected chi connectivity index (χ1v) is 3.64. The van der Waals surface area contributed by atoms with Crippen LogP contribution in [-0.2, 0) is 23.9 Å². The lowest BCUT2D eigenvalue weighted by Gasteiger charge is -2.02. The first-order chi connectivity index (χ1) is 6.51. The second-order valence-corrected chi connectivity index (χ2v) is 2.27. The summed E-state index contributed by atoms with van der Waals surface area (Å²) in [7, 11) is 1.18. The minimum absolute atomic E-state index is 0.146. The third-order valence-electron chi connectivity index (χ3n) is 1.23. The molecule has 0 saturated heterocycles. The Kier molecular flexibility index (Phi) is 4.91. The van der Waals surface area contributed by atoms with E-state index in [0.717, 1.165) is 6.08 Å². The summed E-state index contributed by atoms with van der Waals surface area (Å²) < 4.78 is 8.49. The zero-order valence-electron chi connectivity index (χ0n) is 7.74. The van der Waals surface area contributed by atoms with Gasteiger partial charge >= 0.3 is 17.9 Å². The molecule has 0 fully saturated rings. The van der Waals surface area contributed by atoms with Crippen LogP contribution in [0.1, 0.15) is 6.42 Å². The SMILES string of the molecule is C=CC(=O)OC(=O)C(=C)CC(=O)OC. The van der Waals surface area contributed by atoms with E-state index in [1.165, 1.54) is 7.11 Å². The van der Waals surface area contributed by atoms with Crippen LogP contribution in [-0.4, -0.2) is 25.0 Å². The highest BCUT2D eigenvalue weighted by Crippen LogP contribution is 2.02. The Bertz CT molecular complexity index is 290. The van der Waals surface area contributed by atoms with Crippen molar-refractivity contribution in [2.75, 3.05) is 7.11 Å². The maximum absolute atomic E-state index is 11.0. The first kappa shape index (κ1) is 12.1. The number of hydrogen-bond acceptors (Lipinski definition) is 5. The molecule has 0 unspecified atom stereocenters. The number of methoxy groups -OCH3 is 1. The summed E-state index contributed by atoms with van der Waals surface area (Å²) in [6.45, 7) is 6.37. The molecule has 0 saturated carbocycles. The number of carbonyl (C=O) groups is 3. The molecule has 0 N–H and O–H groups in total. The van der Waals surface area contributed by atoms with Gasteiger partial charge in [-0.3, -0.25) is 4.79 Å². The largest absolute Gasteiger partial charge is 0.469 e. The highest BCUT2D eigenvalue weighted by Gasteiger charge is 2.15. The van der Waals surface area contributed by atoms with Gasteiger partial charge in [0.2, 0.25) is 0 Å². The fourth-order valence-corrected chi connectivity index (χ4v) is 0.524. The van der Waals surface area contributed by atoms with Gasteiger partial charge in [-0.15, -0.1) is 0 Å². The molecular formula is C9H10O5. The standard InChI is InChI=1S/C9H10O5/c1-4-7(10)14-9(12)6(2)5-8(11)13-3/h4H,1-2,5H2,3H3. The lowest BCUT2D eigenvalue weighted by atomic mass is 10.2. The molecule has 0 aliphatic heterocycles. The van der Waals surface area contributed by atoms with E-state index < -0.39 is 17.9 Å². The quantitative estimate of drug-likeness (QED) is 0.370. The van der Waals surface area contributed by atoms with Crippen molar-refractivity contribution < 1.29 is 23.9 Å². The van der Waals surface area contributed by atoms with E-state index in [1.54, 1.807) is 0 Å². The molecule has 76 valence electrons. The van der Waals surface area contributed by atoms with Crippen molar-refractivity contribution in [1.29, 1.82) is 0 Å². The normalized spacial score (nSPS) is 8.64. The Labute approximate surface area is 81.0 Å². The minimum Gasteiger partial charge on any atom is -0.469 e. The van der Waals surface area contributed by atoms with Gasteiger partial charge in [-0.2, -0.15) is 0 Å². The second-order valence-electron chi connectivity index (χ2n) is 2.27. The monoisotopic (exact) mass is 198 g/mol. The predicted molar refractivity (Wildman–Crippen MR) is 47.1 cm³/mol. The first-order valence-electron chi connectivity index (χ1n) is 3.64. The summed E-state index contributed by atoms with van der Waals surface area (Å²) in [5, 5.41) is 0. The number of hydrogen-bond donors (Lipinski definition) is 0. The molecule has 0 spiro atoms. The van der Waals surface area contributed by atoms with E-state index in [-0.39, 0.29) is 12.0 Å². The number of rotatable bonds is 4. The van der Waals surface area contributed by atoms with Crippen LogP contribution in [0.25, 0.3) is 0 Å². The Hall–Kier alpha value is -1.91. The maximum Gasteiger partial charge on any atom is 0.341 e. The Balaban J connectivity index is 4.13. The fraction of sp³-hybridized carbons (Fsp3) is 0.222. The van der Waals surface area contributed by atoms with Crippen LogP contribution >= 0.6 is 0 Å². The molecule has 0 aliphatic rings. The highest BCUT2D eigenvalue weighted by atomic mass is 16.6. The van der Waals surface area contributed by atoms with Gasteiger partial charge in [0.25, 0.3) is 0 Å². The van der Waals surface area contributed by atoms with Gasteiger partial charge < -0.3 is 9.47 Å². The van der Waals surface area contributed by atoms with Gasteiger partial charge in [0.15, 0.2) is 0 Å². The third-order valence-corrected chi connectivity index (χ3v) is 1.23. The summed E-state index contributed by atoms with van der Waals surface area (Å²) in [6, 6.07) is 0. The van der Waals surface area contributed by atoms with Crippen LogP contribution in [0.5, 0.6) is 0 Å². The van der Waals surface area contributed by atoms with E-state index in [0.29, 0.717) is 0 Å². The molecule has 0 atom stereocenters. The molecule has 0 aromatic carbocycles. The average molecular weight is 198 g/mol. The minimum atomic E-state index is -0.958. The second kappa shape index (κ2) is 5.69. The lowest BCUT2D eigenvalue weighted by molar-refractivity contribution is -0.154. The number of esters is 3. The number of carbonyl (C=O) groups excluding carboxylic acids is 3. The van der Waals surface area contributed by atoms with E-state index >= 15 is 0 Å². The van der Waals surface area contributed by atoms with Crippen molar-refractivity contribution in [3.63, 3.8) is 0 Å². The predicted octanol–water partition coefficient (Wildman–Crippen LogP) is 0.361. The molecule has 5 nitrogen and oxygen atoms in total. The topological polar surface area (TPSA) is 69.7 Å². The highest BCUT2D eigenvalue weighted by molar-refractivity contribution is 6.01. The molecule has 0 rings (SSSR count). The van der Waals surface area contributed by atoms with Gasteiger partial charge in [0.1, 0.15) is 0 Å². The van der Waals surface area contributed by atoms with Crippen molar-refractivity contribution in [2.45, 2.75) is 6.42 Å².